The van der Waals surface area contributed by atoms with Crippen molar-refractivity contribution >= 4 is 11.7 Å². The molecule has 2 aliphatic carbocycles. The first-order valence-electron chi connectivity index (χ1n) is 6.12. The molecule has 0 radical (unpaired) electrons. The number of anilines is 1. The van der Waals surface area contributed by atoms with Crippen molar-refractivity contribution in [3.8, 4) is 0 Å². The molecule has 1 heterocycles. The summed E-state index contributed by atoms with van der Waals surface area (Å²) in [6, 6.07) is 1.54. The van der Waals surface area contributed by atoms with Crippen molar-refractivity contribution in [2.75, 3.05) is 11.9 Å². The van der Waals surface area contributed by atoms with Crippen LogP contribution in [0, 0.1) is 11.3 Å². The molecule has 0 bridgehead atoms. The van der Waals surface area contributed by atoms with Crippen molar-refractivity contribution in [1.82, 2.24) is 4.98 Å². The predicted octanol–water partition coefficient (Wildman–Crippen LogP) is 2.38. The monoisotopic (exact) mass is 232 g/mol. The average Bonchev–Trinajstić information content (AvgIpc) is 3.17. The fourth-order valence-corrected chi connectivity index (χ4v) is 2.58. The van der Waals surface area contributed by atoms with E-state index in [0.717, 1.165) is 12.5 Å². The van der Waals surface area contributed by atoms with E-state index in [1.165, 1.54) is 31.9 Å². The van der Waals surface area contributed by atoms with Gasteiger partial charge in [0.2, 0.25) is 0 Å². The minimum absolute atomic E-state index is 0.312. The molecule has 0 amide bonds. The van der Waals surface area contributed by atoms with Crippen molar-refractivity contribution in [2.45, 2.75) is 25.7 Å². The Morgan fingerprint density at radius 3 is 2.88 bits per heavy atom. The van der Waals surface area contributed by atoms with E-state index in [9.17, 15) is 4.79 Å². The quantitative estimate of drug-likeness (QED) is 0.818. The van der Waals surface area contributed by atoms with Gasteiger partial charge in [-0.05, 0) is 43.1 Å². The van der Waals surface area contributed by atoms with Gasteiger partial charge in [0.25, 0.3) is 0 Å². The Morgan fingerprint density at radius 2 is 2.29 bits per heavy atom. The molecule has 17 heavy (non-hydrogen) atoms. The maximum Gasteiger partial charge on any atom is 0.337 e. The van der Waals surface area contributed by atoms with Gasteiger partial charge in [-0.25, -0.2) is 4.79 Å². The molecule has 2 saturated carbocycles. The number of rotatable bonds is 5. The highest BCUT2D eigenvalue weighted by molar-refractivity contribution is 5.93. The van der Waals surface area contributed by atoms with Crippen LogP contribution in [0.3, 0.4) is 0 Å². The molecule has 0 spiro atoms. The van der Waals surface area contributed by atoms with Gasteiger partial charge in [0.1, 0.15) is 0 Å². The molecule has 2 fully saturated rings. The van der Waals surface area contributed by atoms with Crippen LogP contribution in [0.15, 0.2) is 18.5 Å². The van der Waals surface area contributed by atoms with Gasteiger partial charge in [-0.15, -0.1) is 0 Å². The van der Waals surface area contributed by atoms with E-state index in [4.69, 9.17) is 5.11 Å². The smallest absolute Gasteiger partial charge is 0.337 e. The second-order valence-electron chi connectivity index (χ2n) is 5.22. The zero-order valence-corrected chi connectivity index (χ0v) is 9.65. The fourth-order valence-electron chi connectivity index (χ4n) is 2.58. The van der Waals surface area contributed by atoms with E-state index < -0.39 is 5.97 Å². The number of carbonyl (C=O) groups is 1. The lowest BCUT2D eigenvalue weighted by Crippen LogP contribution is -2.19. The lowest BCUT2D eigenvalue weighted by atomic mass is 10.0. The van der Waals surface area contributed by atoms with Crippen LogP contribution in [0.25, 0.3) is 0 Å². The number of carboxylic acid groups (broad SMARTS) is 1. The molecular formula is C13H16N2O2. The Kier molecular flexibility index (Phi) is 2.31. The zero-order valence-electron chi connectivity index (χ0n) is 9.65. The molecule has 2 N–H and O–H groups in total. The molecule has 0 saturated heterocycles. The van der Waals surface area contributed by atoms with Crippen LogP contribution in [0.4, 0.5) is 5.69 Å². The van der Waals surface area contributed by atoms with Gasteiger partial charge in [-0.2, -0.15) is 0 Å². The van der Waals surface area contributed by atoms with Crippen LogP contribution in [0.1, 0.15) is 36.0 Å². The first-order chi connectivity index (χ1) is 8.21. The minimum atomic E-state index is -0.897. The van der Waals surface area contributed by atoms with E-state index in [2.05, 4.69) is 10.3 Å². The summed E-state index contributed by atoms with van der Waals surface area (Å²) in [7, 11) is 0. The number of pyridine rings is 1. The summed E-state index contributed by atoms with van der Waals surface area (Å²) in [4.78, 5) is 15.0. The van der Waals surface area contributed by atoms with Crippen LogP contribution < -0.4 is 5.32 Å². The molecule has 0 unspecified atom stereocenters. The van der Waals surface area contributed by atoms with E-state index >= 15 is 0 Å². The van der Waals surface area contributed by atoms with Crippen LogP contribution >= 0.6 is 0 Å². The van der Waals surface area contributed by atoms with Crippen LogP contribution in [0.2, 0.25) is 0 Å². The Hall–Kier alpha value is -1.58. The van der Waals surface area contributed by atoms with Gasteiger partial charge in [0.15, 0.2) is 0 Å². The van der Waals surface area contributed by atoms with E-state index in [-0.39, 0.29) is 0 Å². The van der Waals surface area contributed by atoms with Crippen molar-refractivity contribution in [2.24, 2.45) is 11.3 Å². The summed E-state index contributed by atoms with van der Waals surface area (Å²) >= 11 is 0. The van der Waals surface area contributed by atoms with E-state index in [1.807, 2.05) is 0 Å². The number of nitrogens with one attached hydrogen (secondary N) is 1. The highest BCUT2D eigenvalue weighted by Gasteiger charge is 2.53. The summed E-state index contributed by atoms with van der Waals surface area (Å²) in [5.74, 6) is -0.0221. The van der Waals surface area contributed by atoms with Crippen molar-refractivity contribution in [3.05, 3.63) is 24.0 Å². The summed E-state index contributed by atoms with van der Waals surface area (Å²) < 4.78 is 0. The maximum atomic E-state index is 11.0. The van der Waals surface area contributed by atoms with Crippen molar-refractivity contribution in [1.29, 1.82) is 0 Å². The lowest BCUT2D eigenvalue weighted by Gasteiger charge is -2.16. The number of aromatic carboxylic acids is 1. The number of carboxylic acids is 1. The fraction of sp³-hybridized carbons (Fsp3) is 0.538. The number of hydrogen-bond donors (Lipinski definition) is 2. The highest BCUT2D eigenvalue weighted by Crippen LogP contribution is 2.61. The molecule has 4 nitrogen and oxygen atoms in total. The maximum absolute atomic E-state index is 11.0. The first-order valence-corrected chi connectivity index (χ1v) is 6.12. The largest absolute Gasteiger partial charge is 0.478 e. The third-order valence-electron chi connectivity index (χ3n) is 4.02. The van der Waals surface area contributed by atoms with Crippen molar-refractivity contribution < 1.29 is 9.90 Å². The average molecular weight is 232 g/mol. The molecule has 0 atom stereocenters. The standard InChI is InChI=1S/C13H16N2O2/c16-12(17)10-3-6-14-7-11(10)15-8-13(4-5-13)9-1-2-9/h3,6-7,9,15H,1-2,4-5,8H2,(H,16,17). The molecule has 1 aromatic heterocycles. The van der Waals surface area contributed by atoms with Gasteiger partial charge >= 0.3 is 5.97 Å². The molecule has 90 valence electrons. The molecular weight excluding hydrogens is 216 g/mol. The molecule has 1 aromatic rings. The van der Waals surface area contributed by atoms with Gasteiger partial charge in [0.05, 0.1) is 17.4 Å². The van der Waals surface area contributed by atoms with E-state index in [0.29, 0.717) is 16.7 Å². The Labute approximate surface area is 100 Å². The number of hydrogen-bond acceptors (Lipinski definition) is 3. The van der Waals surface area contributed by atoms with Gasteiger partial charge in [-0.1, -0.05) is 0 Å². The predicted molar refractivity (Wildman–Crippen MR) is 64.1 cm³/mol. The first kappa shape index (κ1) is 10.6. The van der Waals surface area contributed by atoms with Gasteiger partial charge < -0.3 is 10.4 Å². The third-order valence-corrected chi connectivity index (χ3v) is 4.02. The Bertz CT molecular complexity index is 450. The SMILES string of the molecule is O=C(O)c1ccncc1NCC1(C2CC2)CC1. The molecule has 0 aliphatic heterocycles. The second kappa shape index (κ2) is 3.72. The molecule has 4 heteroatoms. The Morgan fingerprint density at radius 1 is 1.53 bits per heavy atom. The van der Waals surface area contributed by atoms with Crippen LogP contribution in [0.5, 0.6) is 0 Å². The Balaban J connectivity index is 1.70. The summed E-state index contributed by atoms with van der Waals surface area (Å²) in [5, 5.41) is 12.3. The lowest BCUT2D eigenvalue weighted by molar-refractivity contribution is 0.0697. The number of aromatic nitrogens is 1. The number of nitrogens with zero attached hydrogens (tertiary/aromatic N) is 1. The zero-order chi connectivity index (χ0) is 11.9. The van der Waals surface area contributed by atoms with E-state index in [1.54, 1.807) is 12.3 Å². The van der Waals surface area contributed by atoms with Gasteiger partial charge in [0, 0.05) is 12.7 Å². The topological polar surface area (TPSA) is 62.2 Å². The highest BCUT2D eigenvalue weighted by atomic mass is 16.4. The summed E-state index contributed by atoms with van der Waals surface area (Å²) in [6.07, 6.45) is 8.39. The second-order valence-corrected chi connectivity index (χ2v) is 5.22. The molecule has 2 aliphatic rings. The minimum Gasteiger partial charge on any atom is -0.478 e. The van der Waals surface area contributed by atoms with Crippen LogP contribution in [-0.4, -0.2) is 22.6 Å². The third kappa shape index (κ3) is 1.99. The van der Waals surface area contributed by atoms with Crippen molar-refractivity contribution in [3.63, 3.8) is 0 Å². The summed E-state index contributed by atoms with van der Waals surface area (Å²) in [5.41, 5.74) is 1.42. The van der Waals surface area contributed by atoms with Crippen LogP contribution in [-0.2, 0) is 0 Å². The summed E-state index contributed by atoms with van der Waals surface area (Å²) in [6.45, 7) is 0.892. The molecule has 3 rings (SSSR count). The normalized spacial score (nSPS) is 20.9. The molecule has 0 aromatic carbocycles. The van der Waals surface area contributed by atoms with Gasteiger partial charge in [-0.3, -0.25) is 4.98 Å².